The fourth-order valence-electron chi connectivity index (χ4n) is 5.96. The monoisotopic (exact) mass is 430 g/mol. The van der Waals surface area contributed by atoms with E-state index >= 15 is 4.39 Å². The molecule has 2 aromatic carbocycles. The summed E-state index contributed by atoms with van der Waals surface area (Å²) in [6, 6.07) is 4.76. The van der Waals surface area contributed by atoms with Crippen molar-refractivity contribution in [3.05, 3.63) is 53.9 Å². The highest BCUT2D eigenvalue weighted by Gasteiger charge is 2.37. The van der Waals surface area contributed by atoms with Crippen molar-refractivity contribution in [2.45, 2.75) is 70.6 Å². The van der Waals surface area contributed by atoms with Crippen molar-refractivity contribution in [2.24, 2.45) is 17.8 Å². The van der Waals surface area contributed by atoms with Gasteiger partial charge in [0.05, 0.1) is 5.39 Å². The summed E-state index contributed by atoms with van der Waals surface area (Å²) in [6.07, 6.45) is 12.0. The smallest absolute Gasteiger partial charge is 0.175 e. The van der Waals surface area contributed by atoms with Crippen LogP contribution in [0.5, 0.6) is 5.75 Å². The lowest BCUT2D eigenvalue weighted by Gasteiger charge is -2.42. The van der Waals surface area contributed by atoms with Crippen molar-refractivity contribution in [2.75, 3.05) is 6.61 Å². The van der Waals surface area contributed by atoms with E-state index in [1.807, 2.05) is 0 Å². The first kappa shape index (κ1) is 22.2. The van der Waals surface area contributed by atoms with Crippen LogP contribution in [0, 0.1) is 35.2 Å². The standard InChI is InChI=1S/C27H33F3O/c1-3-5-6-17-7-8-19-15-20(10-9-18(19)14-17)22-16-21-11-12-23(31-13-4-2)26(29)24(21)27(30)25(22)28/h4,11-12,16-20H,2-3,5-10,13-15H2,1H3. The minimum atomic E-state index is -1.10. The van der Waals surface area contributed by atoms with E-state index in [9.17, 15) is 8.78 Å². The fraction of sp³-hybridized carbons (Fsp3) is 0.556. The van der Waals surface area contributed by atoms with E-state index in [2.05, 4.69) is 13.5 Å². The third-order valence-electron chi connectivity index (χ3n) is 7.60. The Morgan fingerprint density at radius 3 is 2.55 bits per heavy atom. The molecule has 2 fully saturated rings. The van der Waals surface area contributed by atoms with Gasteiger partial charge in [0.1, 0.15) is 6.61 Å². The van der Waals surface area contributed by atoms with Gasteiger partial charge in [-0.15, -0.1) is 0 Å². The molecule has 1 nitrogen and oxygen atoms in total. The van der Waals surface area contributed by atoms with Gasteiger partial charge >= 0.3 is 0 Å². The van der Waals surface area contributed by atoms with Gasteiger partial charge < -0.3 is 4.74 Å². The molecule has 0 aromatic heterocycles. The van der Waals surface area contributed by atoms with Crippen LogP contribution in [0.25, 0.3) is 10.8 Å². The maximum atomic E-state index is 15.1. The van der Waals surface area contributed by atoms with Gasteiger partial charge in [-0.3, -0.25) is 0 Å². The molecule has 0 spiro atoms. The second kappa shape index (κ2) is 9.67. The topological polar surface area (TPSA) is 9.23 Å². The Labute approximate surface area is 183 Å². The van der Waals surface area contributed by atoms with Crippen LogP contribution in [-0.2, 0) is 0 Å². The summed E-state index contributed by atoms with van der Waals surface area (Å²) in [5, 5.41) is 0.0654. The first-order chi connectivity index (χ1) is 15.0. The third-order valence-corrected chi connectivity index (χ3v) is 7.60. The summed E-state index contributed by atoms with van der Waals surface area (Å²) in [5.74, 6) is -0.759. The number of halogens is 3. The van der Waals surface area contributed by atoms with E-state index in [-0.39, 0.29) is 23.7 Å². The summed E-state index contributed by atoms with van der Waals surface area (Å²) >= 11 is 0. The van der Waals surface area contributed by atoms with Gasteiger partial charge in [0.15, 0.2) is 23.2 Å². The molecule has 0 heterocycles. The van der Waals surface area contributed by atoms with Crippen molar-refractivity contribution in [1.29, 1.82) is 0 Å². The van der Waals surface area contributed by atoms with Gasteiger partial charge in [0, 0.05) is 0 Å². The van der Waals surface area contributed by atoms with E-state index in [4.69, 9.17) is 4.74 Å². The van der Waals surface area contributed by atoms with E-state index in [0.717, 1.165) is 31.1 Å². The highest BCUT2D eigenvalue weighted by molar-refractivity contribution is 5.86. The molecule has 0 amide bonds. The minimum absolute atomic E-state index is 0.00657. The maximum absolute atomic E-state index is 15.1. The van der Waals surface area contributed by atoms with E-state index in [1.165, 1.54) is 50.7 Å². The number of rotatable bonds is 7. The Morgan fingerprint density at radius 2 is 1.77 bits per heavy atom. The molecule has 0 N–H and O–H groups in total. The van der Waals surface area contributed by atoms with Crippen molar-refractivity contribution < 1.29 is 17.9 Å². The zero-order valence-electron chi connectivity index (χ0n) is 18.4. The number of hydrogen-bond donors (Lipinski definition) is 0. The first-order valence-electron chi connectivity index (χ1n) is 11.9. The van der Waals surface area contributed by atoms with Crippen LogP contribution >= 0.6 is 0 Å². The molecule has 2 saturated carbocycles. The molecule has 0 saturated heterocycles. The lowest BCUT2D eigenvalue weighted by Crippen LogP contribution is -2.30. The van der Waals surface area contributed by atoms with E-state index in [1.54, 1.807) is 12.1 Å². The molecule has 168 valence electrons. The van der Waals surface area contributed by atoms with Gasteiger partial charge in [-0.05, 0) is 78.9 Å². The lowest BCUT2D eigenvalue weighted by molar-refractivity contribution is 0.112. The van der Waals surface area contributed by atoms with Crippen LogP contribution in [0.4, 0.5) is 13.2 Å². The summed E-state index contributed by atoms with van der Waals surface area (Å²) in [7, 11) is 0. The van der Waals surface area contributed by atoms with Gasteiger partial charge in [0.2, 0.25) is 0 Å². The zero-order chi connectivity index (χ0) is 22.0. The van der Waals surface area contributed by atoms with Crippen LogP contribution in [0.2, 0.25) is 0 Å². The van der Waals surface area contributed by atoms with Gasteiger partial charge in [-0.1, -0.05) is 51.3 Å². The highest BCUT2D eigenvalue weighted by Crippen LogP contribution is 2.49. The number of benzene rings is 2. The Bertz CT molecular complexity index is 938. The predicted octanol–water partition coefficient (Wildman–Crippen LogP) is 8.31. The molecular weight excluding hydrogens is 397 g/mol. The van der Waals surface area contributed by atoms with Crippen molar-refractivity contribution in [3.8, 4) is 5.75 Å². The largest absolute Gasteiger partial charge is 0.486 e. The highest BCUT2D eigenvalue weighted by atomic mass is 19.2. The quantitative estimate of drug-likeness (QED) is 0.401. The van der Waals surface area contributed by atoms with Gasteiger partial charge in [-0.2, -0.15) is 0 Å². The molecule has 2 aliphatic rings. The molecule has 2 aliphatic carbocycles. The summed E-state index contributed by atoms with van der Waals surface area (Å²) in [6.45, 7) is 5.88. The first-order valence-corrected chi connectivity index (χ1v) is 11.9. The number of hydrogen-bond acceptors (Lipinski definition) is 1. The van der Waals surface area contributed by atoms with Crippen LogP contribution in [0.15, 0.2) is 30.9 Å². The Kier molecular flexibility index (Phi) is 6.93. The molecule has 0 aliphatic heterocycles. The predicted molar refractivity (Wildman–Crippen MR) is 120 cm³/mol. The normalized spacial score (nSPS) is 25.9. The van der Waals surface area contributed by atoms with Gasteiger partial charge in [-0.25, -0.2) is 13.2 Å². The number of unbranched alkanes of at least 4 members (excludes halogenated alkanes) is 1. The van der Waals surface area contributed by atoms with Crippen LogP contribution in [-0.4, -0.2) is 6.61 Å². The molecule has 2 aromatic rings. The average Bonchev–Trinajstić information content (AvgIpc) is 2.79. The zero-order valence-corrected chi connectivity index (χ0v) is 18.4. The molecule has 4 heteroatoms. The molecule has 4 rings (SSSR count). The molecular formula is C27H33F3O. The second-order valence-electron chi connectivity index (χ2n) is 9.52. The van der Waals surface area contributed by atoms with Crippen LogP contribution < -0.4 is 4.74 Å². The van der Waals surface area contributed by atoms with Crippen LogP contribution in [0.3, 0.4) is 0 Å². The van der Waals surface area contributed by atoms with E-state index < -0.39 is 17.5 Å². The fourth-order valence-corrected chi connectivity index (χ4v) is 5.96. The van der Waals surface area contributed by atoms with E-state index in [0.29, 0.717) is 16.9 Å². The number of fused-ring (bicyclic) bond motifs is 2. The summed E-state index contributed by atoms with van der Waals surface area (Å²) < 4.78 is 50.1. The molecule has 4 atom stereocenters. The molecule has 4 unspecified atom stereocenters. The Hall–Kier alpha value is -1.97. The van der Waals surface area contributed by atoms with Crippen molar-refractivity contribution in [1.82, 2.24) is 0 Å². The minimum Gasteiger partial charge on any atom is -0.486 e. The molecule has 0 radical (unpaired) electrons. The second-order valence-corrected chi connectivity index (χ2v) is 9.52. The summed E-state index contributed by atoms with van der Waals surface area (Å²) in [5.41, 5.74) is 0.413. The third kappa shape index (κ3) is 4.49. The van der Waals surface area contributed by atoms with Crippen LogP contribution in [0.1, 0.15) is 76.2 Å². The SMILES string of the molecule is C=CCOc1ccc2cc(C3CCC4CC(CCCC)CCC4C3)c(F)c(F)c2c1F. The molecule has 0 bridgehead atoms. The number of ether oxygens (including phenoxy) is 1. The van der Waals surface area contributed by atoms with Crippen molar-refractivity contribution >= 4 is 10.8 Å². The Morgan fingerprint density at radius 1 is 1.00 bits per heavy atom. The molecule has 31 heavy (non-hydrogen) atoms. The lowest BCUT2D eigenvalue weighted by atomic mass is 9.63. The summed E-state index contributed by atoms with van der Waals surface area (Å²) in [4.78, 5) is 0. The van der Waals surface area contributed by atoms with Gasteiger partial charge in [0.25, 0.3) is 0 Å². The van der Waals surface area contributed by atoms with Crippen molar-refractivity contribution in [3.63, 3.8) is 0 Å². The Balaban J connectivity index is 1.55. The average molecular weight is 431 g/mol. The maximum Gasteiger partial charge on any atom is 0.175 e.